The Morgan fingerprint density at radius 3 is 2.69 bits per heavy atom. The number of unbranched alkanes of at least 4 members (excludes halogenated alkanes) is 1. The summed E-state index contributed by atoms with van der Waals surface area (Å²) in [6.07, 6.45) is 0.911. The van der Waals surface area contributed by atoms with Crippen LogP contribution in [0.2, 0.25) is 0 Å². The standard InChI is InChI=1S/C29H36N4O6/c1-29(2,3)39-28(36)30-14-6-4-5-8-22-11-12-26-24(18-22)21-31(15-13-27(34)35)16-17-32(26)20-23-9-7-10-25(19-23)33(37)38/h7,9-12,18-19H,4,6,13-17,20-21H2,1-3H3,(H,30,36)(H,34,35). The predicted octanol–water partition coefficient (Wildman–Crippen LogP) is 4.55. The molecule has 0 spiro atoms. The Balaban J connectivity index is 1.70. The van der Waals surface area contributed by atoms with Crippen molar-refractivity contribution in [2.24, 2.45) is 0 Å². The Kier molecular flexibility index (Phi) is 10.3. The van der Waals surface area contributed by atoms with Gasteiger partial charge in [-0.2, -0.15) is 0 Å². The van der Waals surface area contributed by atoms with Crippen molar-refractivity contribution in [3.63, 3.8) is 0 Å². The maximum atomic E-state index is 11.7. The molecule has 2 aromatic carbocycles. The van der Waals surface area contributed by atoms with E-state index in [0.717, 1.165) is 22.4 Å². The molecule has 3 rings (SSSR count). The van der Waals surface area contributed by atoms with Crippen LogP contribution < -0.4 is 10.2 Å². The first-order valence-corrected chi connectivity index (χ1v) is 13.0. The van der Waals surface area contributed by atoms with E-state index in [-0.39, 0.29) is 12.1 Å². The van der Waals surface area contributed by atoms with Crippen molar-refractivity contribution in [1.29, 1.82) is 0 Å². The zero-order valence-corrected chi connectivity index (χ0v) is 22.7. The number of nitro benzene ring substituents is 1. The Morgan fingerprint density at radius 1 is 1.18 bits per heavy atom. The highest BCUT2D eigenvalue weighted by Crippen LogP contribution is 2.28. The molecular weight excluding hydrogens is 500 g/mol. The van der Waals surface area contributed by atoms with Crippen LogP contribution in [0.25, 0.3) is 0 Å². The van der Waals surface area contributed by atoms with E-state index >= 15 is 0 Å². The van der Waals surface area contributed by atoms with E-state index in [1.807, 2.05) is 45.0 Å². The summed E-state index contributed by atoms with van der Waals surface area (Å²) in [5, 5.41) is 23.1. The van der Waals surface area contributed by atoms with Gasteiger partial charge in [-0.3, -0.25) is 19.8 Å². The second kappa shape index (κ2) is 13.6. The molecule has 1 heterocycles. The minimum absolute atomic E-state index is 0.0526. The molecule has 0 saturated heterocycles. The highest BCUT2D eigenvalue weighted by atomic mass is 16.6. The van der Waals surface area contributed by atoms with Gasteiger partial charge in [-0.1, -0.05) is 24.0 Å². The van der Waals surface area contributed by atoms with E-state index in [9.17, 15) is 19.7 Å². The molecular formula is C29H36N4O6. The number of fused-ring (bicyclic) bond motifs is 1. The number of benzene rings is 2. The molecule has 0 radical (unpaired) electrons. The molecule has 0 unspecified atom stereocenters. The number of anilines is 1. The zero-order chi connectivity index (χ0) is 28.4. The number of aliphatic carboxylic acids is 1. The second-order valence-electron chi connectivity index (χ2n) is 10.4. The number of alkyl carbamates (subject to hydrolysis) is 1. The van der Waals surface area contributed by atoms with Crippen molar-refractivity contribution in [3.05, 3.63) is 69.3 Å². The molecule has 0 aromatic heterocycles. The van der Waals surface area contributed by atoms with E-state index in [1.165, 1.54) is 6.07 Å². The third-order valence-corrected chi connectivity index (χ3v) is 6.02. The summed E-state index contributed by atoms with van der Waals surface area (Å²) in [5.74, 6) is 5.51. The summed E-state index contributed by atoms with van der Waals surface area (Å²) in [6, 6.07) is 12.6. The molecule has 39 heavy (non-hydrogen) atoms. The van der Waals surface area contributed by atoms with Crippen LogP contribution in [0.15, 0.2) is 42.5 Å². The topological polar surface area (TPSA) is 125 Å². The molecule has 0 saturated carbocycles. The van der Waals surface area contributed by atoms with Gasteiger partial charge >= 0.3 is 12.1 Å². The number of amides is 1. The number of carbonyl (C=O) groups is 2. The first-order valence-electron chi connectivity index (χ1n) is 13.0. The number of non-ortho nitro benzene ring substituents is 1. The quantitative estimate of drug-likeness (QED) is 0.207. The van der Waals surface area contributed by atoms with Crippen molar-refractivity contribution in [1.82, 2.24) is 10.2 Å². The Bertz CT molecular complexity index is 1240. The van der Waals surface area contributed by atoms with E-state index in [0.29, 0.717) is 52.1 Å². The lowest BCUT2D eigenvalue weighted by Gasteiger charge is -2.25. The number of hydrogen-bond donors (Lipinski definition) is 2. The summed E-state index contributed by atoms with van der Waals surface area (Å²) >= 11 is 0. The Labute approximate surface area is 229 Å². The highest BCUT2D eigenvalue weighted by Gasteiger charge is 2.21. The molecule has 2 aromatic rings. The number of rotatable bonds is 9. The van der Waals surface area contributed by atoms with Gasteiger partial charge in [0.25, 0.3) is 5.69 Å². The van der Waals surface area contributed by atoms with E-state index in [4.69, 9.17) is 9.84 Å². The average Bonchev–Trinajstić information content (AvgIpc) is 3.02. The van der Waals surface area contributed by atoms with Gasteiger partial charge in [0.1, 0.15) is 5.60 Å². The molecule has 10 heteroatoms. The molecule has 0 fully saturated rings. The molecule has 0 atom stereocenters. The maximum Gasteiger partial charge on any atom is 0.407 e. The van der Waals surface area contributed by atoms with Gasteiger partial charge in [-0.05, 0) is 56.5 Å². The lowest BCUT2D eigenvalue weighted by Crippen LogP contribution is -2.32. The fourth-order valence-corrected chi connectivity index (χ4v) is 4.24. The summed E-state index contributed by atoms with van der Waals surface area (Å²) < 4.78 is 5.22. The van der Waals surface area contributed by atoms with E-state index in [1.54, 1.807) is 12.1 Å². The van der Waals surface area contributed by atoms with Crippen molar-refractivity contribution in [2.75, 3.05) is 31.1 Å². The van der Waals surface area contributed by atoms with E-state index in [2.05, 4.69) is 27.0 Å². The largest absolute Gasteiger partial charge is 0.481 e. The van der Waals surface area contributed by atoms with Crippen LogP contribution in [0.5, 0.6) is 0 Å². The van der Waals surface area contributed by atoms with E-state index < -0.39 is 22.6 Å². The van der Waals surface area contributed by atoms with Crippen molar-refractivity contribution < 1.29 is 24.4 Å². The number of nitrogens with one attached hydrogen (secondary N) is 1. The van der Waals surface area contributed by atoms with Crippen LogP contribution >= 0.6 is 0 Å². The highest BCUT2D eigenvalue weighted by molar-refractivity contribution is 5.67. The number of ether oxygens (including phenoxy) is 1. The van der Waals surface area contributed by atoms with Crippen LogP contribution in [-0.4, -0.2) is 58.8 Å². The van der Waals surface area contributed by atoms with Crippen LogP contribution in [0.3, 0.4) is 0 Å². The monoisotopic (exact) mass is 536 g/mol. The first-order chi connectivity index (χ1) is 18.5. The van der Waals surface area contributed by atoms with Crippen molar-refractivity contribution >= 4 is 23.4 Å². The lowest BCUT2D eigenvalue weighted by molar-refractivity contribution is -0.384. The zero-order valence-electron chi connectivity index (χ0n) is 22.7. The number of carboxylic acid groups (broad SMARTS) is 1. The van der Waals surface area contributed by atoms with Gasteiger partial charge < -0.3 is 20.1 Å². The van der Waals surface area contributed by atoms with Gasteiger partial charge in [-0.25, -0.2) is 4.79 Å². The van der Waals surface area contributed by atoms with Gasteiger partial charge in [0.15, 0.2) is 0 Å². The van der Waals surface area contributed by atoms with Crippen LogP contribution in [0.4, 0.5) is 16.2 Å². The maximum absolute atomic E-state index is 11.7. The van der Waals surface area contributed by atoms with Gasteiger partial charge in [-0.15, -0.1) is 0 Å². The minimum atomic E-state index is -0.839. The molecule has 1 aliphatic rings. The molecule has 0 aliphatic carbocycles. The van der Waals surface area contributed by atoms with Crippen molar-refractivity contribution in [2.45, 2.75) is 58.7 Å². The molecule has 0 bridgehead atoms. The van der Waals surface area contributed by atoms with Gasteiger partial charge in [0.05, 0.1) is 11.3 Å². The number of nitrogens with zero attached hydrogens (tertiary/aromatic N) is 3. The van der Waals surface area contributed by atoms with Gasteiger partial charge in [0, 0.05) is 69.1 Å². The summed E-state index contributed by atoms with van der Waals surface area (Å²) in [6.45, 7) is 8.76. The van der Waals surface area contributed by atoms with Crippen LogP contribution in [0, 0.1) is 22.0 Å². The average molecular weight is 537 g/mol. The summed E-state index contributed by atoms with van der Waals surface area (Å²) in [4.78, 5) is 38.0. The predicted molar refractivity (Wildman–Crippen MR) is 148 cm³/mol. The summed E-state index contributed by atoms with van der Waals surface area (Å²) in [5.41, 5.74) is 3.24. The van der Waals surface area contributed by atoms with Crippen LogP contribution in [0.1, 0.15) is 56.7 Å². The normalized spacial score (nSPS) is 13.5. The summed E-state index contributed by atoms with van der Waals surface area (Å²) in [7, 11) is 0. The van der Waals surface area contributed by atoms with Crippen LogP contribution in [-0.2, 0) is 22.6 Å². The molecule has 1 amide bonds. The van der Waals surface area contributed by atoms with Crippen molar-refractivity contribution in [3.8, 4) is 11.8 Å². The Morgan fingerprint density at radius 2 is 1.97 bits per heavy atom. The number of hydrogen-bond acceptors (Lipinski definition) is 7. The molecule has 208 valence electrons. The third kappa shape index (κ3) is 9.94. The van der Waals surface area contributed by atoms with Gasteiger partial charge in [0.2, 0.25) is 0 Å². The smallest absolute Gasteiger partial charge is 0.407 e. The third-order valence-electron chi connectivity index (χ3n) is 6.02. The number of carboxylic acids is 1. The lowest BCUT2D eigenvalue weighted by atomic mass is 10.1. The Hall–Kier alpha value is -4.10. The fourth-order valence-electron chi connectivity index (χ4n) is 4.24. The molecule has 10 nitrogen and oxygen atoms in total. The molecule has 2 N–H and O–H groups in total. The minimum Gasteiger partial charge on any atom is -0.481 e. The fraction of sp³-hybridized carbons (Fsp3) is 0.448. The second-order valence-corrected chi connectivity index (χ2v) is 10.4. The number of nitro groups is 1. The molecule has 1 aliphatic heterocycles. The number of carbonyl (C=O) groups excluding carboxylic acids is 1. The SMILES string of the molecule is CC(C)(C)OC(=O)NCCCC#Cc1ccc2c(c1)CN(CCC(=O)O)CCN2Cc1cccc([N+](=O)[O-])c1. The first kappa shape index (κ1) is 29.5.